The van der Waals surface area contributed by atoms with E-state index >= 15 is 0 Å². The molecular weight excluding hydrogens is 416 g/mol. The predicted octanol–water partition coefficient (Wildman–Crippen LogP) is 4.08. The second kappa shape index (κ2) is 8.23. The van der Waals surface area contributed by atoms with E-state index in [0.717, 1.165) is 22.4 Å². The lowest BCUT2D eigenvalue weighted by Gasteiger charge is -2.37. The first-order chi connectivity index (χ1) is 14.8. The molecule has 4 rings (SSSR count). The summed E-state index contributed by atoms with van der Waals surface area (Å²) < 4.78 is 0. The van der Waals surface area contributed by atoms with Crippen LogP contribution >= 0.6 is 11.6 Å². The standard InChI is InChI=1S/C23H25ClN4O3/c1-15-11-16(2)13-19(12-15)25-21(30)27-9-7-23(8-10-27)20(29)28(22(31)26-23)14-17-3-5-18(24)6-4-17/h3-6,11-13H,7-10,14H2,1-2H3,(H,25,30)(H,26,31). The maximum absolute atomic E-state index is 13.1. The zero-order valence-electron chi connectivity index (χ0n) is 17.6. The Morgan fingerprint density at radius 1 is 1.06 bits per heavy atom. The van der Waals surface area contributed by atoms with Crippen LogP contribution in [0.1, 0.15) is 29.5 Å². The van der Waals surface area contributed by atoms with Gasteiger partial charge >= 0.3 is 12.1 Å². The van der Waals surface area contributed by atoms with E-state index in [1.165, 1.54) is 4.90 Å². The van der Waals surface area contributed by atoms with E-state index in [1.54, 1.807) is 29.2 Å². The number of anilines is 1. The third-order valence-corrected chi connectivity index (χ3v) is 6.13. The van der Waals surface area contributed by atoms with E-state index in [2.05, 4.69) is 10.6 Å². The summed E-state index contributed by atoms with van der Waals surface area (Å²) in [5.74, 6) is -0.234. The molecule has 1 spiro atoms. The van der Waals surface area contributed by atoms with E-state index in [9.17, 15) is 14.4 Å². The number of carbonyl (C=O) groups excluding carboxylic acids is 3. The number of carbonyl (C=O) groups is 3. The molecule has 8 heteroatoms. The van der Waals surface area contributed by atoms with E-state index in [0.29, 0.717) is 31.0 Å². The fourth-order valence-corrected chi connectivity index (χ4v) is 4.40. The van der Waals surface area contributed by atoms with E-state index in [-0.39, 0.29) is 18.5 Å². The van der Waals surface area contributed by atoms with Crippen molar-refractivity contribution in [1.82, 2.24) is 15.1 Å². The number of aryl methyl sites for hydroxylation is 2. The molecule has 2 saturated heterocycles. The Hall–Kier alpha value is -3.06. The molecule has 2 aromatic carbocycles. The maximum atomic E-state index is 13.1. The number of likely N-dealkylation sites (tertiary alicyclic amines) is 1. The van der Waals surface area contributed by atoms with Crippen LogP contribution in [0, 0.1) is 13.8 Å². The summed E-state index contributed by atoms with van der Waals surface area (Å²) in [6, 6.07) is 12.4. The molecule has 162 valence electrons. The highest BCUT2D eigenvalue weighted by Crippen LogP contribution is 2.31. The van der Waals surface area contributed by atoms with Gasteiger partial charge in [0, 0.05) is 23.8 Å². The molecule has 2 fully saturated rings. The minimum absolute atomic E-state index is 0.195. The predicted molar refractivity (Wildman–Crippen MR) is 119 cm³/mol. The van der Waals surface area contributed by atoms with Gasteiger partial charge in [0.25, 0.3) is 5.91 Å². The second-order valence-electron chi connectivity index (χ2n) is 8.32. The van der Waals surface area contributed by atoms with E-state index in [4.69, 9.17) is 11.6 Å². The van der Waals surface area contributed by atoms with Gasteiger partial charge in [0.15, 0.2) is 0 Å². The van der Waals surface area contributed by atoms with Gasteiger partial charge in [0.1, 0.15) is 5.54 Å². The molecule has 0 unspecified atom stereocenters. The maximum Gasteiger partial charge on any atom is 0.325 e. The Balaban J connectivity index is 1.39. The quantitative estimate of drug-likeness (QED) is 0.705. The van der Waals surface area contributed by atoms with Gasteiger partial charge in [0.2, 0.25) is 0 Å². The van der Waals surface area contributed by atoms with Crippen LogP contribution in [0.2, 0.25) is 5.02 Å². The normalized spacial score (nSPS) is 17.8. The highest BCUT2D eigenvalue weighted by atomic mass is 35.5. The molecule has 31 heavy (non-hydrogen) atoms. The molecule has 2 heterocycles. The molecule has 0 aliphatic carbocycles. The van der Waals surface area contributed by atoms with Gasteiger partial charge in [0.05, 0.1) is 6.54 Å². The Bertz CT molecular complexity index is 1010. The lowest BCUT2D eigenvalue weighted by Crippen LogP contribution is -2.56. The highest BCUT2D eigenvalue weighted by molar-refractivity contribution is 6.30. The molecule has 2 N–H and O–H groups in total. The molecule has 2 aliphatic rings. The van der Waals surface area contributed by atoms with Crippen molar-refractivity contribution in [2.24, 2.45) is 0 Å². The minimum Gasteiger partial charge on any atom is -0.324 e. The number of rotatable bonds is 3. The number of hydrogen-bond acceptors (Lipinski definition) is 3. The molecule has 2 aromatic rings. The number of benzene rings is 2. The fourth-order valence-electron chi connectivity index (χ4n) is 4.27. The highest BCUT2D eigenvalue weighted by Gasteiger charge is 2.52. The van der Waals surface area contributed by atoms with Crippen LogP contribution in [0.5, 0.6) is 0 Å². The van der Waals surface area contributed by atoms with Crippen LogP contribution in [0.25, 0.3) is 0 Å². The Kier molecular flexibility index (Phi) is 5.62. The van der Waals surface area contributed by atoms with Gasteiger partial charge in [-0.05, 0) is 67.6 Å². The number of urea groups is 2. The van der Waals surface area contributed by atoms with Gasteiger partial charge in [-0.3, -0.25) is 9.69 Å². The first kappa shape index (κ1) is 21.2. The Labute approximate surface area is 186 Å². The topological polar surface area (TPSA) is 81.8 Å². The number of nitrogens with zero attached hydrogens (tertiary/aromatic N) is 2. The first-order valence-electron chi connectivity index (χ1n) is 10.3. The van der Waals surface area contributed by atoms with Crippen molar-refractivity contribution in [2.75, 3.05) is 18.4 Å². The molecule has 2 aliphatic heterocycles. The third-order valence-electron chi connectivity index (χ3n) is 5.88. The molecule has 5 amide bonds. The van der Waals surface area contributed by atoms with Crippen LogP contribution in [-0.4, -0.2) is 46.4 Å². The SMILES string of the molecule is Cc1cc(C)cc(NC(=O)N2CCC3(CC2)NC(=O)N(Cc2ccc(Cl)cc2)C3=O)c1. The van der Waals surface area contributed by atoms with Gasteiger partial charge in [-0.25, -0.2) is 9.59 Å². The summed E-state index contributed by atoms with van der Waals surface area (Å²) in [5.41, 5.74) is 2.79. The van der Waals surface area contributed by atoms with Gasteiger partial charge in [-0.15, -0.1) is 0 Å². The van der Waals surface area contributed by atoms with E-state index < -0.39 is 11.6 Å². The number of piperidine rings is 1. The number of halogens is 1. The number of nitrogens with one attached hydrogen (secondary N) is 2. The molecular formula is C23H25ClN4O3. The summed E-state index contributed by atoms with van der Waals surface area (Å²) in [7, 11) is 0. The molecule has 0 atom stereocenters. The summed E-state index contributed by atoms with van der Waals surface area (Å²) in [5, 5.41) is 6.41. The average Bonchev–Trinajstić information content (AvgIpc) is 2.93. The second-order valence-corrected chi connectivity index (χ2v) is 8.76. The van der Waals surface area contributed by atoms with Gasteiger partial charge in [-0.2, -0.15) is 0 Å². The zero-order chi connectivity index (χ0) is 22.2. The van der Waals surface area contributed by atoms with Crippen LogP contribution in [0.3, 0.4) is 0 Å². The first-order valence-corrected chi connectivity index (χ1v) is 10.7. The lowest BCUT2D eigenvalue weighted by atomic mass is 9.87. The van der Waals surface area contributed by atoms with Crippen LogP contribution in [0.4, 0.5) is 15.3 Å². The number of imide groups is 1. The van der Waals surface area contributed by atoms with Crippen molar-refractivity contribution >= 4 is 35.3 Å². The van der Waals surface area contributed by atoms with Crippen LogP contribution < -0.4 is 10.6 Å². The Morgan fingerprint density at radius 2 is 1.68 bits per heavy atom. The molecule has 0 bridgehead atoms. The van der Waals surface area contributed by atoms with Crippen LogP contribution in [-0.2, 0) is 11.3 Å². The summed E-state index contributed by atoms with van der Waals surface area (Å²) >= 11 is 5.91. The van der Waals surface area contributed by atoms with Crippen molar-refractivity contribution in [3.63, 3.8) is 0 Å². The van der Waals surface area contributed by atoms with Crippen molar-refractivity contribution in [3.05, 3.63) is 64.2 Å². The molecule has 0 aromatic heterocycles. The molecule has 7 nitrogen and oxygen atoms in total. The zero-order valence-corrected chi connectivity index (χ0v) is 18.3. The van der Waals surface area contributed by atoms with Crippen molar-refractivity contribution in [1.29, 1.82) is 0 Å². The Morgan fingerprint density at radius 3 is 2.29 bits per heavy atom. The molecule has 0 radical (unpaired) electrons. The van der Waals surface area contributed by atoms with Crippen molar-refractivity contribution in [2.45, 2.75) is 38.8 Å². The minimum atomic E-state index is -0.944. The summed E-state index contributed by atoms with van der Waals surface area (Å²) in [6.45, 7) is 4.93. The fraction of sp³-hybridized carbons (Fsp3) is 0.348. The number of amides is 5. The van der Waals surface area contributed by atoms with Crippen LogP contribution in [0.15, 0.2) is 42.5 Å². The summed E-state index contributed by atoms with van der Waals surface area (Å²) in [6.07, 6.45) is 0.768. The molecule has 0 saturated carbocycles. The smallest absolute Gasteiger partial charge is 0.324 e. The van der Waals surface area contributed by atoms with Crippen molar-refractivity contribution in [3.8, 4) is 0 Å². The largest absolute Gasteiger partial charge is 0.325 e. The van der Waals surface area contributed by atoms with Gasteiger partial charge in [-0.1, -0.05) is 29.8 Å². The lowest BCUT2D eigenvalue weighted by molar-refractivity contribution is -0.133. The van der Waals surface area contributed by atoms with Gasteiger partial charge < -0.3 is 15.5 Å². The average molecular weight is 441 g/mol. The monoisotopic (exact) mass is 440 g/mol. The summed E-state index contributed by atoms with van der Waals surface area (Å²) in [4.78, 5) is 41.3. The third kappa shape index (κ3) is 4.37. The van der Waals surface area contributed by atoms with Crippen molar-refractivity contribution < 1.29 is 14.4 Å². The van der Waals surface area contributed by atoms with E-state index in [1.807, 2.05) is 32.0 Å². The number of hydrogen-bond donors (Lipinski definition) is 2.